The van der Waals surface area contributed by atoms with Gasteiger partial charge in [0.25, 0.3) is 11.8 Å². The number of carbonyl (C=O) groups is 3. The molecule has 2 heterocycles. The van der Waals surface area contributed by atoms with E-state index < -0.39 is 17.9 Å². The monoisotopic (exact) mass is 409 g/mol. The molecule has 0 aromatic heterocycles. The number of carbonyl (C=O) groups excluding carboxylic acids is 3. The molecule has 3 rings (SSSR count). The third kappa shape index (κ3) is 3.44. The van der Waals surface area contributed by atoms with Crippen LogP contribution < -0.4 is 25.1 Å². The molecule has 1 aromatic rings. The van der Waals surface area contributed by atoms with Gasteiger partial charge in [-0.25, -0.2) is 0 Å². The predicted molar refractivity (Wildman–Crippen MR) is 102 cm³/mol. The predicted octanol–water partition coefficient (Wildman–Crippen LogP) is 0.927. The Bertz CT molecular complexity index is 792. The van der Waals surface area contributed by atoms with Crippen LogP contribution in [0.1, 0.15) is 30.1 Å². The molecular formula is C18H23N3O6S. The molecule has 3 amide bonds. The minimum Gasteiger partial charge on any atom is -0.493 e. The highest BCUT2D eigenvalue weighted by Crippen LogP contribution is 2.47. The van der Waals surface area contributed by atoms with Crippen molar-refractivity contribution in [3.05, 3.63) is 17.7 Å². The maximum atomic E-state index is 12.6. The molecule has 0 spiro atoms. The summed E-state index contributed by atoms with van der Waals surface area (Å²) in [4.78, 5) is 38.5. The van der Waals surface area contributed by atoms with Gasteiger partial charge in [-0.1, -0.05) is 0 Å². The van der Waals surface area contributed by atoms with Gasteiger partial charge in [-0.05, 0) is 25.5 Å². The molecule has 28 heavy (non-hydrogen) atoms. The molecule has 10 heteroatoms. The van der Waals surface area contributed by atoms with Crippen LogP contribution in [0.2, 0.25) is 0 Å². The zero-order chi connectivity index (χ0) is 20.5. The SMILES string of the molecule is COc1cc(C(=O)NNC(=O)[C@@H]2CS[C@@]3(C)CCC(=O)N23)cc(OC)c1OC. The largest absolute Gasteiger partial charge is 0.493 e. The highest BCUT2D eigenvalue weighted by molar-refractivity contribution is 8.01. The second-order valence-corrected chi connectivity index (χ2v) is 8.12. The summed E-state index contributed by atoms with van der Waals surface area (Å²) in [6.07, 6.45) is 1.16. The Balaban J connectivity index is 1.69. The first kappa shape index (κ1) is 20.1. The number of thioether (sulfide) groups is 1. The topological polar surface area (TPSA) is 106 Å². The van der Waals surface area contributed by atoms with Crippen LogP contribution in [0.3, 0.4) is 0 Å². The Kier molecular flexibility index (Phi) is 5.59. The maximum Gasteiger partial charge on any atom is 0.269 e. The Morgan fingerprint density at radius 3 is 2.36 bits per heavy atom. The first-order valence-electron chi connectivity index (χ1n) is 8.71. The third-order valence-electron chi connectivity index (χ3n) is 4.97. The second kappa shape index (κ2) is 7.78. The summed E-state index contributed by atoms with van der Waals surface area (Å²) in [7, 11) is 4.36. The van der Waals surface area contributed by atoms with Crippen LogP contribution in [0.4, 0.5) is 0 Å². The lowest BCUT2D eigenvalue weighted by molar-refractivity contribution is -0.138. The van der Waals surface area contributed by atoms with E-state index >= 15 is 0 Å². The van der Waals surface area contributed by atoms with Gasteiger partial charge >= 0.3 is 0 Å². The molecule has 0 aliphatic carbocycles. The molecule has 2 N–H and O–H groups in total. The van der Waals surface area contributed by atoms with Crippen molar-refractivity contribution in [3.8, 4) is 17.2 Å². The van der Waals surface area contributed by atoms with E-state index in [0.717, 1.165) is 6.42 Å². The maximum absolute atomic E-state index is 12.6. The van der Waals surface area contributed by atoms with Gasteiger partial charge in [0.15, 0.2) is 11.5 Å². The Labute approximate surface area is 167 Å². The van der Waals surface area contributed by atoms with Crippen molar-refractivity contribution in [1.82, 2.24) is 15.8 Å². The third-order valence-corrected chi connectivity index (χ3v) is 6.48. The highest BCUT2D eigenvalue weighted by atomic mass is 32.2. The van der Waals surface area contributed by atoms with E-state index in [4.69, 9.17) is 14.2 Å². The molecule has 2 fully saturated rings. The molecular weight excluding hydrogens is 386 g/mol. The standard InChI is InChI=1S/C18H23N3O6S/c1-18-6-5-14(22)21(18)11(9-28-18)17(24)20-19-16(23)10-7-12(25-2)15(27-4)13(8-10)26-3/h7-8,11H,5-6,9H2,1-4H3,(H,19,23)(H,20,24)/t11-,18-/m0/s1. The normalized spacial score (nSPS) is 23.2. The van der Waals surface area contributed by atoms with Gasteiger partial charge in [0.05, 0.1) is 26.2 Å². The summed E-state index contributed by atoms with van der Waals surface area (Å²) in [5.74, 6) is 0.492. The molecule has 1 aromatic carbocycles. The van der Waals surface area contributed by atoms with Gasteiger partial charge in [0.1, 0.15) is 6.04 Å². The molecule has 2 saturated heterocycles. The molecule has 2 aliphatic rings. The number of amides is 3. The van der Waals surface area contributed by atoms with Crippen LogP contribution in [-0.4, -0.2) is 60.6 Å². The minimum atomic E-state index is -0.606. The first-order valence-corrected chi connectivity index (χ1v) is 9.69. The van der Waals surface area contributed by atoms with Gasteiger partial charge < -0.3 is 19.1 Å². The average Bonchev–Trinajstić information content (AvgIpc) is 3.20. The zero-order valence-electron chi connectivity index (χ0n) is 16.2. The molecule has 9 nitrogen and oxygen atoms in total. The van der Waals surface area contributed by atoms with Crippen LogP contribution in [0.15, 0.2) is 12.1 Å². The Hall–Kier alpha value is -2.62. The lowest BCUT2D eigenvalue weighted by atomic mass is 10.1. The number of nitrogens with zero attached hydrogens (tertiary/aromatic N) is 1. The van der Waals surface area contributed by atoms with Gasteiger partial charge in [-0.15, -0.1) is 11.8 Å². The van der Waals surface area contributed by atoms with Crippen LogP contribution >= 0.6 is 11.8 Å². The van der Waals surface area contributed by atoms with Crippen LogP contribution in [0.5, 0.6) is 17.2 Å². The van der Waals surface area contributed by atoms with Crippen molar-refractivity contribution in [3.63, 3.8) is 0 Å². The van der Waals surface area contributed by atoms with Crippen molar-refractivity contribution < 1.29 is 28.6 Å². The highest BCUT2D eigenvalue weighted by Gasteiger charge is 2.52. The quantitative estimate of drug-likeness (QED) is 0.697. The van der Waals surface area contributed by atoms with Crippen LogP contribution in [0.25, 0.3) is 0 Å². The van der Waals surface area contributed by atoms with Crippen molar-refractivity contribution >= 4 is 29.5 Å². The van der Waals surface area contributed by atoms with E-state index in [1.54, 1.807) is 16.7 Å². The van der Waals surface area contributed by atoms with E-state index in [-0.39, 0.29) is 16.3 Å². The molecule has 0 radical (unpaired) electrons. The number of nitrogens with one attached hydrogen (secondary N) is 2. The Morgan fingerprint density at radius 2 is 1.79 bits per heavy atom. The number of hydrogen-bond acceptors (Lipinski definition) is 7. The summed E-state index contributed by atoms with van der Waals surface area (Å²) >= 11 is 1.58. The van der Waals surface area contributed by atoms with Crippen LogP contribution in [0, 0.1) is 0 Å². The molecule has 2 atom stereocenters. The summed E-state index contributed by atoms with van der Waals surface area (Å²) < 4.78 is 15.7. The number of fused-ring (bicyclic) bond motifs is 1. The molecule has 0 bridgehead atoms. The fourth-order valence-electron chi connectivity index (χ4n) is 3.50. The molecule has 2 aliphatic heterocycles. The van der Waals surface area contributed by atoms with Gasteiger partial charge in [0, 0.05) is 17.7 Å². The number of benzene rings is 1. The lowest BCUT2D eigenvalue weighted by Crippen LogP contribution is -2.54. The second-order valence-electron chi connectivity index (χ2n) is 6.62. The zero-order valence-corrected chi connectivity index (χ0v) is 17.0. The van der Waals surface area contributed by atoms with E-state index in [0.29, 0.717) is 29.4 Å². The molecule has 0 unspecified atom stereocenters. The van der Waals surface area contributed by atoms with Gasteiger partial charge in [-0.3, -0.25) is 25.2 Å². The van der Waals surface area contributed by atoms with Gasteiger partial charge in [-0.2, -0.15) is 0 Å². The van der Waals surface area contributed by atoms with Crippen LogP contribution in [-0.2, 0) is 9.59 Å². The van der Waals surface area contributed by atoms with Crippen molar-refractivity contribution in [1.29, 1.82) is 0 Å². The first-order chi connectivity index (χ1) is 13.3. The Morgan fingerprint density at radius 1 is 1.14 bits per heavy atom. The minimum absolute atomic E-state index is 0.0383. The fraction of sp³-hybridized carbons (Fsp3) is 0.500. The molecule has 152 valence electrons. The lowest BCUT2D eigenvalue weighted by Gasteiger charge is -2.29. The van der Waals surface area contributed by atoms with Crippen molar-refractivity contribution in [2.45, 2.75) is 30.7 Å². The summed E-state index contributed by atoms with van der Waals surface area (Å²) in [5.41, 5.74) is 5.02. The summed E-state index contributed by atoms with van der Waals surface area (Å²) in [6, 6.07) is 2.36. The van der Waals surface area contributed by atoms with E-state index in [1.807, 2.05) is 6.92 Å². The summed E-state index contributed by atoms with van der Waals surface area (Å²) in [5, 5.41) is 0. The fourth-order valence-corrected chi connectivity index (χ4v) is 4.93. The number of hydrogen-bond donors (Lipinski definition) is 2. The van der Waals surface area contributed by atoms with E-state index in [1.165, 1.54) is 33.5 Å². The number of rotatable bonds is 5. The van der Waals surface area contributed by atoms with E-state index in [9.17, 15) is 14.4 Å². The van der Waals surface area contributed by atoms with E-state index in [2.05, 4.69) is 10.9 Å². The number of methoxy groups -OCH3 is 3. The molecule has 0 saturated carbocycles. The van der Waals surface area contributed by atoms with Gasteiger partial charge in [0.2, 0.25) is 11.7 Å². The number of ether oxygens (including phenoxy) is 3. The number of hydrazine groups is 1. The van der Waals surface area contributed by atoms with Crippen molar-refractivity contribution in [2.24, 2.45) is 0 Å². The summed E-state index contributed by atoms with van der Waals surface area (Å²) in [6.45, 7) is 1.96. The average molecular weight is 409 g/mol. The van der Waals surface area contributed by atoms with Crippen molar-refractivity contribution in [2.75, 3.05) is 27.1 Å². The smallest absolute Gasteiger partial charge is 0.269 e.